The summed E-state index contributed by atoms with van der Waals surface area (Å²) in [4.78, 5) is 5.79. The topological polar surface area (TPSA) is 36.3 Å². The normalized spacial score (nSPS) is 22.4. The molecule has 2 heterocycles. The van der Waals surface area contributed by atoms with Crippen molar-refractivity contribution in [2.75, 3.05) is 26.6 Å². The van der Waals surface area contributed by atoms with Crippen LogP contribution in [0.25, 0.3) is 11.4 Å². The summed E-state index contributed by atoms with van der Waals surface area (Å²) >= 11 is 1.74. The number of ether oxygens (including phenoxy) is 2. The largest absolute Gasteiger partial charge is 0.379 e. The summed E-state index contributed by atoms with van der Waals surface area (Å²) < 4.78 is 13.4. The van der Waals surface area contributed by atoms with Crippen LogP contribution in [0.4, 0.5) is 0 Å². The van der Waals surface area contributed by atoms with Gasteiger partial charge in [-0.05, 0) is 24.8 Å². The van der Waals surface area contributed by atoms with Crippen molar-refractivity contribution in [2.24, 2.45) is 0 Å². The van der Waals surface area contributed by atoms with E-state index in [4.69, 9.17) is 9.47 Å². The van der Waals surface area contributed by atoms with Crippen molar-refractivity contribution in [3.63, 3.8) is 0 Å². The number of hydrogen-bond acceptors (Lipinski definition) is 4. The van der Waals surface area contributed by atoms with Gasteiger partial charge in [0.1, 0.15) is 5.82 Å². The lowest BCUT2D eigenvalue weighted by atomic mass is 10.1. The molecule has 4 nitrogen and oxygen atoms in total. The minimum Gasteiger partial charge on any atom is -0.379 e. The number of methoxy groups -OCH3 is 1. The predicted octanol–water partition coefficient (Wildman–Crippen LogP) is 3.25. The van der Waals surface area contributed by atoms with Crippen molar-refractivity contribution >= 4 is 11.8 Å². The summed E-state index contributed by atoms with van der Waals surface area (Å²) in [7, 11) is 1.77. The van der Waals surface area contributed by atoms with Crippen LogP contribution in [-0.4, -0.2) is 42.2 Å². The average molecular weight is 304 g/mol. The van der Waals surface area contributed by atoms with Gasteiger partial charge in [-0.1, -0.05) is 12.1 Å². The first kappa shape index (κ1) is 14.6. The molecule has 0 aliphatic carbocycles. The van der Waals surface area contributed by atoms with Crippen LogP contribution in [0.1, 0.15) is 12.5 Å². The fraction of sp³-hybridized carbons (Fsp3) is 0.438. The summed E-state index contributed by atoms with van der Waals surface area (Å²) in [6.07, 6.45) is 7.04. The van der Waals surface area contributed by atoms with Gasteiger partial charge in [0.25, 0.3) is 0 Å². The van der Waals surface area contributed by atoms with Crippen LogP contribution >= 0.6 is 11.8 Å². The molecule has 0 unspecified atom stereocenters. The predicted molar refractivity (Wildman–Crippen MR) is 84.7 cm³/mol. The molecule has 2 atom stereocenters. The van der Waals surface area contributed by atoms with Crippen molar-refractivity contribution < 1.29 is 9.47 Å². The number of nitrogens with zero attached hydrogens (tertiary/aromatic N) is 2. The molecule has 1 aliphatic rings. The quantitative estimate of drug-likeness (QED) is 0.813. The Kier molecular flexibility index (Phi) is 4.63. The van der Waals surface area contributed by atoms with Gasteiger partial charge in [-0.2, -0.15) is 0 Å². The minimum absolute atomic E-state index is 0.178. The molecule has 1 aliphatic heterocycles. The van der Waals surface area contributed by atoms with Crippen molar-refractivity contribution in [1.29, 1.82) is 0 Å². The van der Waals surface area contributed by atoms with E-state index in [0.717, 1.165) is 24.4 Å². The Bertz CT molecular complexity index is 582. The van der Waals surface area contributed by atoms with E-state index in [-0.39, 0.29) is 12.1 Å². The number of hydrogen-bond donors (Lipinski definition) is 0. The number of aromatic nitrogens is 2. The Labute approximate surface area is 129 Å². The molecule has 0 bridgehead atoms. The van der Waals surface area contributed by atoms with Crippen LogP contribution in [0.2, 0.25) is 0 Å². The molecule has 1 aromatic carbocycles. The third-order valence-corrected chi connectivity index (χ3v) is 4.68. The maximum atomic E-state index is 5.63. The Hall–Kier alpha value is -1.30. The molecule has 0 saturated carbocycles. The molecule has 1 aromatic heterocycles. The first-order chi connectivity index (χ1) is 10.3. The zero-order valence-corrected chi connectivity index (χ0v) is 13.2. The minimum atomic E-state index is 0.178. The molecule has 2 aromatic rings. The van der Waals surface area contributed by atoms with Gasteiger partial charge < -0.3 is 14.0 Å². The van der Waals surface area contributed by atoms with Crippen LogP contribution in [0, 0.1) is 0 Å². The van der Waals surface area contributed by atoms with E-state index in [1.54, 1.807) is 18.9 Å². The van der Waals surface area contributed by atoms with Gasteiger partial charge in [-0.15, -0.1) is 11.8 Å². The Morgan fingerprint density at radius 2 is 2.14 bits per heavy atom. The molecule has 3 rings (SSSR count). The first-order valence-corrected chi connectivity index (χ1v) is 8.33. The van der Waals surface area contributed by atoms with Crippen molar-refractivity contribution in [2.45, 2.75) is 23.5 Å². The molecule has 0 amide bonds. The Morgan fingerprint density at radius 3 is 2.86 bits per heavy atom. The van der Waals surface area contributed by atoms with E-state index < -0.39 is 0 Å². The van der Waals surface area contributed by atoms with Crippen LogP contribution < -0.4 is 0 Å². The third-order valence-electron chi connectivity index (χ3n) is 3.94. The molecular weight excluding hydrogens is 284 g/mol. The number of imidazole rings is 1. The fourth-order valence-corrected chi connectivity index (χ4v) is 3.19. The highest BCUT2D eigenvalue weighted by atomic mass is 32.2. The van der Waals surface area contributed by atoms with Gasteiger partial charge in [-0.25, -0.2) is 4.98 Å². The van der Waals surface area contributed by atoms with Gasteiger partial charge in [0.15, 0.2) is 0 Å². The second-order valence-corrected chi connectivity index (χ2v) is 5.97. The van der Waals surface area contributed by atoms with Gasteiger partial charge in [0.05, 0.1) is 18.8 Å². The second kappa shape index (κ2) is 6.64. The van der Waals surface area contributed by atoms with E-state index in [0.29, 0.717) is 6.61 Å². The molecule has 0 spiro atoms. The highest BCUT2D eigenvalue weighted by Gasteiger charge is 2.28. The summed E-state index contributed by atoms with van der Waals surface area (Å²) in [5.41, 5.74) is 1.12. The van der Waals surface area contributed by atoms with E-state index in [2.05, 4.69) is 40.1 Å². The van der Waals surface area contributed by atoms with E-state index in [1.165, 1.54) is 4.90 Å². The zero-order chi connectivity index (χ0) is 14.7. The summed E-state index contributed by atoms with van der Waals surface area (Å²) in [6, 6.07) is 8.68. The van der Waals surface area contributed by atoms with Crippen LogP contribution in [-0.2, 0) is 9.47 Å². The fourth-order valence-electron chi connectivity index (χ4n) is 2.78. The standard InChI is InChI=1S/C16H20N2O2S/c1-19-15-7-10-20-11-14(15)18-9-8-17-16(18)12-3-5-13(21-2)6-4-12/h3-6,8-9,14-15H,7,10-11H2,1-2H3/t14-,15-/m1/s1. The van der Waals surface area contributed by atoms with E-state index in [9.17, 15) is 0 Å². The highest BCUT2D eigenvalue weighted by Crippen LogP contribution is 2.29. The first-order valence-electron chi connectivity index (χ1n) is 7.11. The van der Waals surface area contributed by atoms with Crippen molar-refractivity contribution in [3.05, 3.63) is 36.7 Å². The monoisotopic (exact) mass is 304 g/mol. The van der Waals surface area contributed by atoms with Gasteiger partial charge in [0.2, 0.25) is 0 Å². The number of rotatable bonds is 4. The molecule has 0 N–H and O–H groups in total. The molecular formula is C16H20N2O2S. The van der Waals surface area contributed by atoms with Crippen LogP contribution in [0.3, 0.4) is 0 Å². The van der Waals surface area contributed by atoms with Crippen molar-refractivity contribution in [1.82, 2.24) is 9.55 Å². The van der Waals surface area contributed by atoms with Gasteiger partial charge >= 0.3 is 0 Å². The van der Waals surface area contributed by atoms with Gasteiger partial charge in [0, 0.05) is 36.6 Å². The molecule has 112 valence electrons. The average Bonchev–Trinajstić information content (AvgIpc) is 3.04. The lowest BCUT2D eigenvalue weighted by molar-refractivity contribution is -0.0492. The smallest absolute Gasteiger partial charge is 0.140 e. The molecule has 1 saturated heterocycles. The number of thioether (sulfide) groups is 1. The lowest BCUT2D eigenvalue weighted by Crippen LogP contribution is -2.35. The molecule has 1 fully saturated rings. The summed E-state index contributed by atoms with van der Waals surface area (Å²) in [6.45, 7) is 1.44. The van der Waals surface area contributed by atoms with Crippen LogP contribution in [0.5, 0.6) is 0 Å². The lowest BCUT2D eigenvalue weighted by Gasteiger charge is -2.32. The molecule has 5 heteroatoms. The Balaban J connectivity index is 1.92. The van der Waals surface area contributed by atoms with E-state index in [1.807, 2.05) is 12.4 Å². The summed E-state index contributed by atoms with van der Waals surface area (Å²) in [5, 5.41) is 0. The molecule has 21 heavy (non-hydrogen) atoms. The zero-order valence-electron chi connectivity index (χ0n) is 12.4. The van der Waals surface area contributed by atoms with Gasteiger partial charge in [-0.3, -0.25) is 0 Å². The second-order valence-electron chi connectivity index (χ2n) is 5.09. The van der Waals surface area contributed by atoms with Crippen LogP contribution in [0.15, 0.2) is 41.6 Å². The number of benzene rings is 1. The molecule has 0 radical (unpaired) electrons. The van der Waals surface area contributed by atoms with Crippen molar-refractivity contribution in [3.8, 4) is 11.4 Å². The third kappa shape index (κ3) is 3.00. The maximum Gasteiger partial charge on any atom is 0.140 e. The Morgan fingerprint density at radius 1 is 1.33 bits per heavy atom. The highest BCUT2D eigenvalue weighted by molar-refractivity contribution is 7.98. The summed E-state index contributed by atoms with van der Waals surface area (Å²) in [5.74, 6) is 0.972. The maximum absolute atomic E-state index is 5.63. The SMILES string of the molecule is CO[C@@H]1CCOC[C@H]1n1ccnc1-c1ccc(SC)cc1. The van der Waals surface area contributed by atoms with E-state index >= 15 is 0 Å².